The summed E-state index contributed by atoms with van der Waals surface area (Å²) in [6.07, 6.45) is 5.30. The van der Waals surface area contributed by atoms with Crippen molar-refractivity contribution in [2.45, 2.75) is 25.1 Å². The molecule has 0 spiro atoms. The maximum Gasteiger partial charge on any atom is 0.143 e. The molecule has 1 rings (SSSR count). The van der Waals surface area contributed by atoms with E-state index in [2.05, 4.69) is 31.2 Å². The molecule has 0 saturated heterocycles. The minimum Gasteiger partial charge on any atom is -0.369 e. The number of hydrogen-bond donors (Lipinski definition) is 1. The molecule has 1 aromatic heterocycles. The van der Waals surface area contributed by atoms with Crippen LogP contribution >= 0.6 is 27.5 Å². The molecule has 1 N–H and O–H groups in total. The molecule has 0 aliphatic heterocycles. The maximum atomic E-state index is 5.83. The first-order chi connectivity index (χ1) is 6.70. The van der Waals surface area contributed by atoms with Crippen molar-refractivity contribution in [3.05, 3.63) is 17.0 Å². The van der Waals surface area contributed by atoms with E-state index in [4.69, 9.17) is 11.6 Å². The summed E-state index contributed by atoms with van der Waals surface area (Å²) in [5.41, 5.74) is 0. The first-order valence-corrected chi connectivity index (χ1v) is 5.76. The number of nitrogens with one attached hydrogen (secondary N) is 1. The summed E-state index contributed by atoms with van der Waals surface area (Å²) in [5, 5.41) is 3.45. The van der Waals surface area contributed by atoms with E-state index in [0.29, 0.717) is 0 Å². The Morgan fingerprint density at radius 1 is 1.64 bits per heavy atom. The van der Waals surface area contributed by atoms with Crippen molar-refractivity contribution in [2.75, 3.05) is 11.9 Å². The average molecular weight is 279 g/mol. The number of rotatable bonds is 5. The predicted octanol–water partition coefficient (Wildman–Crippen LogP) is 3.06. The van der Waals surface area contributed by atoms with E-state index in [1.54, 1.807) is 6.20 Å². The standard InChI is InChI=1S/C9H13BrClN3/c1-7(11)3-2-4-13-9-8(10)5-12-6-14-9/h5-7H,2-4H2,1H3,(H,12,13,14). The Kier molecular flexibility index (Phi) is 5.19. The van der Waals surface area contributed by atoms with Gasteiger partial charge in [0.1, 0.15) is 12.1 Å². The molecule has 1 aromatic rings. The van der Waals surface area contributed by atoms with E-state index in [1.165, 1.54) is 6.33 Å². The second-order valence-electron chi connectivity index (χ2n) is 3.07. The largest absolute Gasteiger partial charge is 0.369 e. The molecule has 1 heterocycles. The van der Waals surface area contributed by atoms with Gasteiger partial charge < -0.3 is 5.32 Å². The van der Waals surface area contributed by atoms with Gasteiger partial charge in [0, 0.05) is 18.1 Å². The van der Waals surface area contributed by atoms with Crippen LogP contribution < -0.4 is 5.32 Å². The van der Waals surface area contributed by atoms with Crippen LogP contribution in [0.15, 0.2) is 17.0 Å². The van der Waals surface area contributed by atoms with E-state index in [9.17, 15) is 0 Å². The molecule has 1 atom stereocenters. The number of halogens is 2. The average Bonchev–Trinajstić information content (AvgIpc) is 2.15. The molecule has 0 saturated carbocycles. The van der Waals surface area contributed by atoms with Crippen LogP contribution in [0.25, 0.3) is 0 Å². The molecule has 3 nitrogen and oxygen atoms in total. The van der Waals surface area contributed by atoms with Crippen LogP contribution in [0.2, 0.25) is 0 Å². The second kappa shape index (κ2) is 6.19. The minimum atomic E-state index is 0.241. The van der Waals surface area contributed by atoms with Gasteiger partial charge in [-0.05, 0) is 35.7 Å². The van der Waals surface area contributed by atoms with Crippen molar-refractivity contribution >= 4 is 33.3 Å². The van der Waals surface area contributed by atoms with Crippen LogP contribution in [0, 0.1) is 0 Å². The fraction of sp³-hybridized carbons (Fsp3) is 0.556. The van der Waals surface area contributed by atoms with Crippen LogP contribution in [0.4, 0.5) is 5.82 Å². The van der Waals surface area contributed by atoms with Crippen molar-refractivity contribution in [3.8, 4) is 0 Å². The molecule has 0 aromatic carbocycles. The highest BCUT2D eigenvalue weighted by molar-refractivity contribution is 9.10. The van der Waals surface area contributed by atoms with Crippen molar-refractivity contribution in [2.24, 2.45) is 0 Å². The predicted molar refractivity (Wildman–Crippen MR) is 62.8 cm³/mol. The SMILES string of the molecule is CC(Cl)CCCNc1ncncc1Br. The third kappa shape index (κ3) is 4.24. The number of hydrogen-bond acceptors (Lipinski definition) is 3. The number of anilines is 1. The smallest absolute Gasteiger partial charge is 0.143 e. The fourth-order valence-electron chi connectivity index (χ4n) is 1.03. The third-order valence-electron chi connectivity index (χ3n) is 1.74. The van der Waals surface area contributed by atoms with Gasteiger partial charge in [-0.2, -0.15) is 0 Å². The Bertz CT molecular complexity index is 281. The van der Waals surface area contributed by atoms with Crippen LogP contribution in [0.3, 0.4) is 0 Å². The van der Waals surface area contributed by atoms with Gasteiger partial charge in [-0.25, -0.2) is 9.97 Å². The third-order valence-corrected chi connectivity index (χ3v) is 2.54. The Morgan fingerprint density at radius 3 is 3.07 bits per heavy atom. The zero-order chi connectivity index (χ0) is 10.4. The normalized spacial score (nSPS) is 12.5. The lowest BCUT2D eigenvalue weighted by atomic mass is 10.2. The molecule has 14 heavy (non-hydrogen) atoms. The molecule has 0 fully saturated rings. The van der Waals surface area contributed by atoms with Crippen LogP contribution in [0.1, 0.15) is 19.8 Å². The van der Waals surface area contributed by atoms with E-state index in [1.807, 2.05) is 6.92 Å². The molecule has 1 unspecified atom stereocenters. The quantitative estimate of drug-likeness (QED) is 0.664. The lowest BCUT2D eigenvalue weighted by Crippen LogP contribution is -2.05. The molecule has 0 amide bonds. The van der Waals surface area contributed by atoms with Crippen molar-refractivity contribution in [1.82, 2.24) is 9.97 Å². The summed E-state index contributed by atoms with van der Waals surface area (Å²) >= 11 is 9.19. The van der Waals surface area contributed by atoms with Crippen molar-refractivity contribution in [1.29, 1.82) is 0 Å². The summed E-state index contributed by atoms with van der Waals surface area (Å²) < 4.78 is 0.888. The van der Waals surface area contributed by atoms with Crippen molar-refractivity contribution in [3.63, 3.8) is 0 Å². The van der Waals surface area contributed by atoms with Gasteiger partial charge >= 0.3 is 0 Å². The van der Waals surface area contributed by atoms with Gasteiger partial charge in [0.25, 0.3) is 0 Å². The Morgan fingerprint density at radius 2 is 2.43 bits per heavy atom. The minimum absolute atomic E-state index is 0.241. The van der Waals surface area contributed by atoms with Gasteiger partial charge in [-0.1, -0.05) is 0 Å². The monoisotopic (exact) mass is 277 g/mol. The van der Waals surface area contributed by atoms with Crippen LogP contribution in [-0.2, 0) is 0 Å². The molecule has 0 radical (unpaired) electrons. The van der Waals surface area contributed by atoms with Gasteiger partial charge in [0.15, 0.2) is 0 Å². The zero-order valence-corrected chi connectivity index (χ0v) is 10.3. The van der Waals surface area contributed by atoms with Crippen LogP contribution in [0.5, 0.6) is 0 Å². The van der Waals surface area contributed by atoms with Crippen LogP contribution in [-0.4, -0.2) is 21.9 Å². The van der Waals surface area contributed by atoms with Gasteiger partial charge in [-0.3, -0.25) is 0 Å². The van der Waals surface area contributed by atoms with Gasteiger partial charge in [0.05, 0.1) is 4.47 Å². The van der Waals surface area contributed by atoms with Crippen molar-refractivity contribution < 1.29 is 0 Å². The first kappa shape index (κ1) is 11.7. The highest BCUT2D eigenvalue weighted by Crippen LogP contribution is 2.17. The molecule has 0 bridgehead atoms. The Labute approximate surface area is 97.4 Å². The lowest BCUT2D eigenvalue weighted by molar-refractivity contribution is 0.748. The highest BCUT2D eigenvalue weighted by Gasteiger charge is 2.00. The molecule has 78 valence electrons. The van der Waals surface area contributed by atoms with Gasteiger partial charge in [0.2, 0.25) is 0 Å². The summed E-state index contributed by atoms with van der Waals surface area (Å²) in [6, 6.07) is 0. The van der Waals surface area contributed by atoms with E-state index >= 15 is 0 Å². The summed E-state index contributed by atoms with van der Waals surface area (Å²) in [6.45, 7) is 2.88. The summed E-state index contributed by atoms with van der Waals surface area (Å²) in [4.78, 5) is 7.98. The second-order valence-corrected chi connectivity index (χ2v) is 4.67. The molecular weight excluding hydrogens is 265 g/mol. The highest BCUT2D eigenvalue weighted by atomic mass is 79.9. The first-order valence-electron chi connectivity index (χ1n) is 4.53. The topological polar surface area (TPSA) is 37.8 Å². The molecule has 0 aliphatic rings. The molecule has 5 heteroatoms. The zero-order valence-electron chi connectivity index (χ0n) is 8.00. The fourth-order valence-corrected chi connectivity index (χ4v) is 1.55. The van der Waals surface area contributed by atoms with Gasteiger partial charge in [-0.15, -0.1) is 11.6 Å². The summed E-state index contributed by atoms with van der Waals surface area (Å²) in [5.74, 6) is 0.835. The van der Waals surface area contributed by atoms with E-state index in [-0.39, 0.29) is 5.38 Å². The molecular formula is C9H13BrClN3. The maximum absolute atomic E-state index is 5.83. The Hall–Kier alpha value is -0.350. The Balaban J connectivity index is 2.28. The summed E-state index contributed by atoms with van der Waals surface area (Å²) in [7, 11) is 0. The van der Waals surface area contributed by atoms with E-state index < -0.39 is 0 Å². The number of nitrogens with zero attached hydrogens (tertiary/aromatic N) is 2. The number of alkyl halides is 1. The molecule has 0 aliphatic carbocycles. The number of aromatic nitrogens is 2. The van der Waals surface area contributed by atoms with E-state index in [0.717, 1.165) is 29.7 Å². The lowest BCUT2D eigenvalue weighted by Gasteiger charge is -2.07.